The van der Waals surface area contributed by atoms with Gasteiger partial charge >= 0.3 is 6.18 Å². The Labute approximate surface area is 149 Å². The second-order valence-corrected chi connectivity index (χ2v) is 5.99. The van der Waals surface area contributed by atoms with Crippen LogP contribution < -0.4 is 9.80 Å². The van der Waals surface area contributed by atoms with Gasteiger partial charge in [-0.1, -0.05) is 42.5 Å². The van der Waals surface area contributed by atoms with Crippen LogP contribution in [0.1, 0.15) is 5.56 Å². The molecule has 0 fully saturated rings. The van der Waals surface area contributed by atoms with E-state index in [4.69, 9.17) is 5.41 Å². The lowest BCUT2D eigenvalue weighted by molar-refractivity contribution is -0.137. The molecule has 0 aliphatic carbocycles. The highest BCUT2D eigenvalue weighted by Crippen LogP contribution is 2.32. The highest BCUT2D eigenvalue weighted by atomic mass is 19.4. The summed E-state index contributed by atoms with van der Waals surface area (Å²) in [5, 5.41) is 10.5. The van der Waals surface area contributed by atoms with Crippen molar-refractivity contribution in [1.82, 2.24) is 0 Å². The van der Waals surface area contributed by atoms with Crippen molar-refractivity contribution < 1.29 is 13.2 Å². The Morgan fingerprint density at radius 2 is 1.50 bits per heavy atom. The number of alkyl halides is 3. The molecule has 26 heavy (non-hydrogen) atoms. The van der Waals surface area contributed by atoms with Gasteiger partial charge in [0.1, 0.15) is 0 Å². The van der Waals surface area contributed by atoms with Crippen LogP contribution in [0.2, 0.25) is 0 Å². The van der Waals surface area contributed by atoms with E-state index >= 15 is 0 Å². The minimum atomic E-state index is -4.42. The van der Waals surface area contributed by atoms with Crippen LogP contribution in [0.3, 0.4) is 0 Å². The van der Waals surface area contributed by atoms with E-state index in [0.717, 1.165) is 28.6 Å². The van der Waals surface area contributed by atoms with E-state index in [1.807, 2.05) is 42.5 Å². The summed E-state index contributed by atoms with van der Waals surface area (Å²) in [4.78, 5) is 3.08. The molecule has 0 radical (unpaired) electrons. The van der Waals surface area contributed by atoms with E-state index in [-0.39, 0.29) is 5.96 Å². The Morgan fingerprint density at radius 3 is 2.23 bits per heavy atom. The maximum atomic E-state index is 12.9. The summed E-state index contributed by atoms with van der Waals surface area (Å²) in [6.07, 6.45) is -4.42. The first-order valence-corrected chi connectivity index (χ1v) is 8.00. The summed E-state index contributed by atoms with van der Waals surface area (Å²) in [7, 11) is 3.31. The van der Waals surface area contributed by atoms with E-state index in [0.29, 0.717) is 5.69 Å². The van der Waals surface area contributed by atoms with Gasteiger partial charge in [-0.3, -0.25) is 5.41 Å². The average molecular weight is 357 g/mol. The number of nitrogens with one attached hydrogen (secondary N) is 1. The highest BCUT2D eigenvalue weighted by molar-refractivity contribution is 6.09. The Hall–Kier alpha value is -3.02. The molecular formula is C20H18F3N3. The normalized spacial score (nSPS) is 11.4. The first kappa shape index (κ1) is 17.8. The van der Waals surface area contributed by atoms with Crippen LogP contribution in [-0.2, 0) is 6.18 Å². The van der Waals surface area contributed by atoms with Crippen LogP contribution in [0, 0.1) is 5.41 Å². The third-order valence-corrected chi connectivity index (χ3v) is 4.32. The molecule has 0 aliphatic heterocycles. The molecule has 3 aromatic carbocycles. The van der Waals surface area contributed by atoms with Crippen molar-refractivity contribution in [3.05, 3.63) is 72.3 Å². The number of benzene rings is 3. The van der Waals surface area contributed by atoms with Crippen molar-refractivity contribution in [3.8, 4) is 0 Å². The number of rotatable bonds is 2. The molecule has 0 saturated carbocycles. The number of nitrogens with zero attached hydrogens (tertiary/aromatic N) is 2. The van der Waals surface area contributed by atoms with Gasteiger partial charge in [0.15, 0.2) is 0 Å². The zero-order chi connectivity index (χ0) is 18.9. The average Bonchev–Trinajstić information content (AvgIpc) is 2.65. The molecule has 0 amide bonds. The Morgan fingerprint density at radius 1 is 0.846 bits per heavy atom. The van der Waals surface area contributed by atoms with E-state index in [1.165, 1.54) is 11.0 Å². The maximum absolute atomic E-state index is 12.9. The summed E-state index contributed by atoms with van der Waals surface area (Å²) < 4.78 is 38.8. The zero-order valence-corrected chi connectivity index (χ0v) is 14.4. The number of anilines is 2. The van der Waals surface area contributed by atoms with Gasteiger partial charge in [0.05, 0.1) is 11.3 Å². The molecule has 0 heterocycles. The SMILES string of the molecule is CN(C(=N)N(C)c1cccc2ccccc12)c1cccc(C(F)(F)F)c1. The molecule has 0 atom stereocenters. The molecule has 1 N–H and O–H groups in total. The number of hydrogen-bond donors (Lipinski definition) is 1. The number of halogens is 3. The molecule has 3 aromatic rings. The first-order valence-electron chi connectivity index (χ1n) is 8.00. The van der Waals surface area contributed by atoms with E-state index in [9.17, 15) is 13.2 Å². The van der Waals surface area contributed by atoms with Crippen LogP contribution in [0.5, 0.6) is 0 Å². The van der Waals surface area contributed by atoms with Gasteiger partial charge < -0.3 is 9.80 Å². The lowest BCUT2D eigenvalue weighted by atomic mass is 10.1. The molecule has 6 heteroatoms. The minimum Gasteiger partial charge on any atom is -0.316 e. The predicted octanol–water partition coefficient (Wildman–Crippen LogP) is 5.37. The largest absolute Gasteiger partial charge is 0.416 e. The third kappa shape index (κ3) is 3.35. The molecule has 0 saturated heterocycles. The summed E-state index contributed by atoms with van der Waals surface area (Å²) in [5.74, 6) is 0.0701. The van der Waals surface area contributed by atoms with E-state index in [2.05, 4.69) is 0 Å². The molecule has 3 nitrogen and oxygen atoms in total. The van der Waals surface area contributed by atoms with Crippen molar-refractivity contribution in [3.63, 3.8) is 0 Å². The fourth-order valence-electron chi connectivity index (χ4n) is 2.85. The van der Waals surface area contributed by atoms with Gasteiger partial charge in [-0.25, -0.2) is 0 Å². The minimum absolute atomic E-state index is 0.0701. The van der Waals surface area contributed by atoms with Crippen LogP contribution in [-0.4, -0.2) is 20.1 Å². The topological polar surface area (TPSA) is 30.3 Å². The Balaban J connectivity index is 1.93. The van der Waals surface area contributed by atoms with Crippen LogP contribution >= 0.6 is 0 Å². The van der Waals surface area contributed by atoms with Gasteiger partial charge in [0, 0.05) is 25.2 Å². The third-order valence-electron chi connectivity index (χ3n) is 4.32. The van der Waals surface area contributed by atoms with Crippen LogP contribution in [0.25, 0.3) is 10.8 Å². The highest BCUT2D eigenvalue weighted by Gasteiger charge is 2.31. The van der Waals surface area contributed by atoms with Crippen molar-refractivity contribution in [2.24, 2.45) is 0 Å². The fraction of sp³-hybridized carbons (Fsp3) is 0.150. The molecule has 0 spiro atoms. The first-order chi connectivity index (χ1) is 12.3. The molecule has 134 valence electrons. The van der Waals surface area contributed by atoms with Crippen LogP contribution in [0.15, 0.2) is 66.7 Å². The molecular weight excluding hydrogens is 339 g/mol. The van der Waals surface area contributed by atoms with Gasteiger partial charge in [0.2, 0.25) is 5.96 Å². The monoisotopic (exact) mass is 357 g/mol. The van der Waals surface area contributed by atoms with Gasteiger partial charge in [-0.15, -0.1) is 0 Å². The summed E-state index contributed by atoms with van der Waals surface area (Å²) in [6, 6.07) is 18.5. The predicted molar refractivity (Wildman–Crippen MR) is 99.9 cm³/mol. The molecule has 0 bridgehead atoms. The summed E-state index contributed by atoms with van der Waals surface area (Å²) >= 11 is 0. The second kappa shape index (κ2) is 6.71. The second-order valence-electron chi connectivity index (χ2n) is 5.99. The van der Waals surface area contributed by atoms with Gasteiger partial charge in [-0.05, 0) is 29.7 Å². The smallest absolute Gasteiger partial charge is 0.316 e. The Bertz CT molecular complexity index is 945. The van der Waals surface area contributed by atoms with Crippen molar-refractivity contribution >= 4 is 28.1 Å². The molecule has 0 unspecified atom stereocenters. The zero-order valence-electron chi connectivity index (χ0n) is 14.4. The molecule has 0 aromatic heterocycles. The number of fused-ring (bicyclic) bond motifs is 1. The molecule has 0 aliphatic rings. The van der Waals surface area contributed by atoms with Crippen molar-refractivity contribution in [1.29, 1.82) is 5.41 Å². The van der Waals surface area contributed by atoms with Crippen molar-refractivity contribution in [2.45, 2.75) is 6.18 Å². The number of guanidine groups is 1. The van der Waals surface area contributed by atoms with E-state index in [1.54, 1.807) is 25.1 Å². The van der Waals surface area contributed by atoms with Crippen molar-refractivity contribution in [2.75, 3.05) is 23.9 Å². The maximum Gasteiger partial charge on any atom is 0.416 e. The lowest BCUT2D eigenvalue weighted by Crippen LogP contribution is -2.39. The Kier molecular flexibility index (Phi) is 4.59. The van der Waals surface area contributed by atoms with Crippen LogP contribution in [0.4, 0.5) is 24.5 Å². The fourth-order valence-corrected chi connectivity index (χ4v) is 2.85. The van der Waals surface area contributed by atoms with Gasteiger partial charge in [0.25, 0.3) is 0 Å². The molecule has 3 rings (SSSR count). The lowest BCUT2D eigenvalue weighted by Gasteiger charge is -2.29. The van der Waals surface area contributed by atoms with Gasteiger partial charge in [-0.2, -0.15) is 13.2 Å². The standard InChI is InChI=1S/C20H18F3N3/c1-25(16-10-6-9-15(13-16)20(21,22)23)19(24)26(2)18-12-5-8-14-7-3-4-11-17(14)18/h3-13,24H,1-2H3. The summed E-state index contributed by atoms with van der Waals surface area (Å²) in [5.41, 5.74) is 0.381. The summed E-state index contributed by atoms with van der Waals surface area (Å²) in [6.45, 7) is 0. The number of hydrogen-bond acceptors (Lipinski definition) is 1. The quantitative estimate of drug-likeness (QED) is 0.494. The van der Waals surface area contributed by atoms with E-state index < -0.39 is 11.7 Å².